The number of carbonyl (C=O) groups is 1. The van der Waals surface area contributed by atoms with Crippen molar-refractivity contribution < 1.29 is 35.9 Å². The van der Waals surface area contributed by atoms with Crippen LogP contribution in [0.2, 0.25) is 0 Å². The zero-order chi connectivity index (χ0) is 23.9. The fourth-order valence-electron chi connectivity index (χ4n) is 3.43. The van der Waals surface area contributed by atoms with E-state index in [0.29, 0.717) is 12.1 Å². The zero-order valence-electron chi connectivity index (χ0n) is 16.4. The molecular weight excluding hydrogens is 518 g/mol. The van der Waals surface area contributed by atoms with Crippen LogP contribution >= 0.6 is 15.9 Å². The zero-order valence-corrected chi connectivity index (χ0v) is 18.0. The molecule has 4 nitrogen and oxygen atoms in total. The van der Waals surface area contributed by atoms with Crippen LogP contribution < -0.4 is 15.0 Å². The third-order valence-corrected chi connectivity index (χ3v) is 5.59. The third kappa shape index (κ3) is 4.63. The maximum atomic E-state index is 14.1. The van der Waals surface area contributed by atoms with E-state index in [4.69, 9.17) is 4.74 Å². The van der Waals surface area contributed by atoms with Crippen molar-refractivity contribution in [3.05, 3.63) is 87.1 Å². The Morgan fingerprint density at radius 1 is 1.03 bits per heavy atom. The minimum Gasteiger partial charge on any atom is -0.457 e. The predicted molar refractivity (Wildman–Crippen MR) is 110 cm³/mol. The second kappa shape index (κ2) is 8.62. The second-order valence-corrected chi connectivity index (χ2v) is 7.96. The molecule has 0 fully saturated rings. The van der Waals surface area contributed by atoms with Gasteiger partial charge in [0.25, 0.3) is 5.91 Å². The first-order valence-electron chi connectivity index (χ1n) is 9.39. The first-order valence-corrected chi connectivity index (χ1v) is 10.2. The summed E-state index contributed by atoms with van der Waals surface area (Å²) in [6.07, 6.45) is -4.69. The smallest absolute Gasteiger partial charge is 0.421 e. The molecule has 0 atom stereocenters. The maximum Gasteiger partial charge on any atom is 0.421 e. The number of amides is 1. The van der Waals surface area contributed by atoms with Gasteiger partial charge in [-0.25, -0.2) is 13.2 Å². The first kappa shape index (κ1) is 23.0. The van der Waals surface area contributed by atoms with Crippen LogP contribution in [0.4, 0.5) is 32.0 Å². The number of nitrogens with one attached hydrogen (secondary N) is 1. The molecule has 1 aliphatic rings. The SMILES string of the molecule is O=C1NCN(Cc2c(F)cc(F)cc2F)c2ccc(Oc3cccc(Br)c3C(F)(F)F)cc21. The molecule has 0 saturated heterocycles. The average Bonchev–Trinajstić information content (AvgIpc) is 2.71. The second-order valence-electron chi connectivity index (χ2n) is 7.10. The van der Waals surface area contributed by atoms with Crippen molar-refractivity contribution >= 4 is 27.5 Å². The lowest BCUT2D eigenvalue weighted by Crippen LogP contribution is -2.43. The summed E-state index contributed by atoms with van der Waals surface area (Å²) in [7, 11) is 0. The van der Waals surface area contributed by atoms with Gasteiger partial charge in [-0.3, -0.25) is 4.79 Å². The number of fused-ring (bicyclic) bond motifs is 1. The molecule has 0 aromatic heterocycles. The molecule has 1 aliphatic heterocycles. The van der Waals surface area contributed by atoms with Crippen molar-refractivity contribution in [2.45, 2.75) is 12.7 Å². The molecular formula is C22H13BrF6N2O2. The van der Waals surface area contributed by atoms with Crippen molar-refractivity contribution in [1.82, 2.24) is 5.32 Å². The number of alkyl halides is 3. The van der Waals surface area contributed by atoms with Crippen molar-refractivity contribution in [2.24, 2.45) is 0 Å². The fraction of sp³-hybridized carbons (Fsp3) is 0.136. The molecule has 0 bridgehead atoms. The van der Waals surface area contributed by atoms with Crippen molar-refractivity contribution in [3.63, 3.8) is 0 Å². The lowest BCUT2D eigenvalue weighted by Gasteiger charge is -2.31. The molecule has 172 valence electrons. The van der Waals surface area contributed by atoms with Crippen molar-refractivity contribution in [1.29, 1.82) is 0 Å². The van der Waals surface area contributed by atoms with Gasteiger partial charge in [0, 0.05) is 22.2 Å². The number of rotatable bonds is 4. The number of ether oxygens (including phenoxy) is 1. The van der Waals surface area contributed by atoms with E-state index in [-0.39, 0.29) is 34.7 Å². The van der Waals surface area contributed by atoms with E-state index in [1.54, 1.807) is 0 Å². The Bertz CT molecular complexity index is 1230. The summed E-state index contributed by atoms with van der Waals surface area (Å²) in [6, 6.07) is 8.80. The summed E-state index contributed by atoms with van der Waals surface area (Å²) in [5.74, 6) is -4.29. The molecule has 0 aliphatic carbocycles. The minimum atomic E-state index is -4.69. The highest BCUT2D eigenvalue weighted by atomic mass is 79.9. The lowest BCUT2D eigenvalue weighted by molar-refractivity contribution is -0.139. The van der Waals surface area contributed by atoms with Gasteiger partial charge in [0.05, 0.1) is 24.5 Å². The Hall–Kier alpha value is -3.21. The van der Waals surface area contributed by atoms with Gasteiger partial charge in [-0.15, -0.1) is 0 Å². The van der Waals surface area contributed by atoms with Crippen LogP contribution in [0.15, 0.2) is 53.0 Å². The quantitative estimate of drug-likeness (QED) is 0.397. The minimum absolute atomic E-state index is 0.0326. The highest BCUT2D eigenvalue weighted by Gasteiger charge is 2.37. The number of nitrogens with zero attached hydrogens (tertiary/aromatic N) is 1. The number of anilines is 1. The predicted octanol–water partition coefficient (Wildman–Crippen LogP) is 6.39. The molecule has 4 rings (SSSR count). The van der Waals surface area contributed by atoms with Gasteiger partial charge in [-0.1, -0.05) is 22.0 Å². The number of benzene rings is 3. The summed E-state index contributed by atoms with van der Waals surface area (Å²) < 4.78 is 86.9. The van der Waals surface area contributed by atoms with E-state index in [9.17, 15) is 31.1 Å². The summed E-state index contributed by atoms with van der Waals surface area (Å²) in [4.78, 5) is 13.8. The van der Waals surface area contributed by atoms with Crippen LogP contribution in [0.5, 0.6) is 11.5 Å². The van der Waals surface area contributed by atoms with E-state index >= 15 is 0 Å². The standard InChI is InChI=1S/C22H13BrF6N2O2/c23-15-2-1-3-19(20(15)22(27,28)29)33-12-4-5-18-13(8-12)21(32)30-10-31(18)9-14-16(25)6-11(24)7-17(14)26/h1-8H,9-10H2,(H,30,32). The Labute approximate surface area is 191 Å². The van der Waals surface area contributed by atoms with Gasteiger partial charge in [-0.2, -0.15) is 13.2 Å². The average molecular weight is 531 g/mol. The van der Waals surface area contributed by atoms with E-state index < -0.39 is 46.4 Å². The molecule has 1 amide bonds. The Morgan fingerprint density at radius 2 is 1.73 bits per heavy atom. The highest BCUT2D eigenvalue weighted by molar-refractivity contribution is 9.10. The largest absolute Gasteiger partial charge is 0.457 e. The molecule has 11 heteroatoms. The Balaban J connectivity index is 1.67. The van der Waals surface area contributed by atoms with E-state index in [1.165, 1.54) is 35.2 Å². The third-order valence-electron chi connectivity index (χ3n) is 4.93. The first-order chi connectivity index (χ1) is 15.5. The molecule has 0 unspecified atom stereocenters. The van der Waals surface area contributed by atoms with Gasteiger partial charge < -0.3 is 15.0 Å². The lowest BCUT2D eigenvalue weighted by atomic mass is 10.1. The molecule has 1 N–H and O–H groups in total. The van der Waals surface area contributed by atoms with E-state index in [2.05, 4.69) is 21.2 Å². The molecule has 0 spiro atoms. The number of halogens is 7. The van der Waals surface area contributed by atoms with Crippen molar-refractivity contribution in [3.8, 4) is 11.5 Å². The van der Waals surface area contributed by atoms with Crippen LogP contribution in [0, 0.1) is 17.5 Å². The molecule has 0 saturated carbocycles. The fourth-order valence-corrected chi connectivity index (χ4v) is 4.00. The van der Waals surface area contributed by atoms with E-state index in [1.807, 2.05) is 0 Å². The molecule has 3 aromatic carbocycles. The van der Waals surface area contributed by atoms with Crippen LogP contribution in [0.1, 0.15) is 21.5 Å². The molecule has 3 aromatic rings. The highest BCUT2D eigenvalue weighted by Crippen LogP contribution is 2.43. The summed E-state index contributed by atoms with van der Waals surface area (Å²) in [5.41, 5.74) is -1.11. The molecule has 33 heavy (non-hydrogen) atoms. The van der Waals surface area contributed by atoms with Gasteiger partial charge >= 0.3 is 6.18 Å². The summed E-state index contributed by atoms with van der Waals surface area (Å²) in [6.45, 7) is -0.415. The maximum absolute atomic E-state index is 14.1. The van der Waals surface area contributed by atoms with Gasteiger partial charge in [0.1, 0.15) is 34.5 Å². The molecule has 0 radical (unpaired) electrons. The Kier molecular flexibility index (Phi) is 6.00. The normalized spacial score (nSPS) is 13.5. The van der Waals surface area contributed by atoms with Gasteiger partial charge in [0.15, 0.2) is 0 Å². The van der Waals surface area contributed by atoms with Gasteiger partial charge in [-0.05, 0) is 30.3 Å². The van der Waals surface area contributed by atoms with Crippen molar-refractivity contribution in [2.75, 3.05) is 11.6 Å². The van der Waals surface area contributed by atoms with Gasteiger partial charge in [0.2, 0.25) is 0 Å². The van der Waals surface area contributed by atoms with Crippen LogP contribution in [-0.2, 0) is 12.7 Å². The van der Waals surface area contributed by atoms with Crippen LogP contribution in [-0.4, -0.2) is 12.6 Å². The summed E-state index contributed by atoms with van der Waals surface area (Å²) in [5, 5.41) is 2.52. The van der Waals surface area contributed by atoms with Crippen LogP contribution in [0.25, 0.3) is 0 Å². The monoisotopic (exact) mass is 530 g/mol. The number of hydrogen-bond acceptors (Lipinski definition) is 3. The summed E-state index contributed by atoms with van der Waals surface area (Å²) >= 11 is 2.87. The van der Waals surface area contributed by atoms with E-state index in [0.717, 1.165) is 6.07 Å². The van der Waals surface area contributed by atoms with Crippen LogP contribution in [0.3, 0.4) is 0 Å². The number of carbonyl (C=O) groups excluding carboxylic acids is 1. The Morgan fingerprint density at radius 3 is 2.39 bits per heavy atom. The molecule has 1 heterocycles. The topological polar surface area (TPSA) is 41.6 Å². The number of hydrogen-bond donors (Lipinski definition) is 1.